The van der Waals surface area contributed by atoms with Crippen molar-refractivity contribution in [2.24, 2.45) is 5.84 Å². The number of anilines is 4. The Kier molecular flexibility index (Phi) is 3.71. The van der Waals surface area contributed by atoms with Crippen LogP contribution in [-0.2, 0) is 0 Å². The number of nitrogen functional groups attached to an aromatic ring is 2. The summed E-state index contributed by atoms with van der Waals surface area (Å²) >= 11 is 11.7. The SMILES string of the molecule is NNc1ncnc(Nc2ccc(Cl)c(Cl)c2)c1N. The summed E-state index contributed by atoms with van der Waals surface area (Å²) < 4.78 is 0. The Morgan fingerprint density at radius 1 is 1.06 bits per heavy atom. The van der Waals surface area contributed by atoms with Crippen LogP contribution >= 0.6 is 23.2 Å². The molecule has 0 radical (unpaired) electrons. The van der Waals surface area contributed by atoms with Crippen LogP contribution in [0.2, 0.25) is 10.0 Å². The van der Waals surface area contributed by atoms with Crippen molar-refractivity contribution < 1.29 is 0 Å². The summed E-state index contributed by atoms with van der Waals surface area (Å²) in [5, 5.41) is 3.91. The van der Waals surface area contributed by atoms with Gasteiger partial charge in [0, 0.05) is 5.69 Å². The first-order valence-corrected chi connectivity index (χ1v) is 5.66. The van der Waals surface area contributed by atoms with E-state index in [-0.39, 0.29) is 0 Å². The van der Waals surface area contributed by atoms with Gasteiger partial charge in [0.15, 0.2) is 11.6 Å². The third-order valence-electron chi connectivity index (χ3n) is 2.20. The first-order chi connectivity index (χ1) is 8.61. The largest absolute Gasteiger partial charge is 0.393 e. The highest BCUT2D eigenvalue weighted by atomic mass is 35.5. The lowest BCUT2D eigenvalue weighted by atomic mass is 10.3. The van der Waals surface area contributed by atoms with Crippen LogP contribution in [0.1, 0.15) is 0 Å². The van der Waals surface area contributed by atoms with Gasteiger partial charge < -0.3 is 16.5 Å². The van der Waals surface area contributed by atoms with Crippen molar-refractivity contribution in [3.63, 3.8) is 0 Å². The van der Waals surface area contributed by atoms with E-state index in [0.717, 1.165) is 0 Å². The second kappa shape index (κ2) is 5.26. The first-order valence-electron chi connectivity index (χ1n) is 4.91. The minimum Gasteiger partial charge on any atom is -0.393 e. The quantitative estimate of drug-likeness (QED) is 0.510. The monoisotopic (exact) mass is 284 g/mol. The number of hydrogen-bond acceptors (Lipinski definition) is 6. The van der Waals surface area contributed by atoms with E-state index in [1.807, 2.05) is 0 Å². The van der Waals surface area contributed by atoms with Crippen LogP contribution in [0.4, 0.5) is 23.0 Å². The molecule has 1 heterocycles. The molecule has 2 aromatic rings. The zero-order valence-corrected chi connectivity index (χ0v) is 10.6. The smallest absolute Gasteiger partial charge is 0.168 e. The van der Waals surface area contributed by atoms with Crippen molar-refractivity contribution >= 4 is 46.2 Å². The van der Waals surface area contributed by atoms with Gasteiger partial charge in [-0.3, -0.25) is 0 Å². The van der Waals surface area contributed by atoms with Gasteiger partial charge in [0.25, 0.3) is 0 Å². The Labute approximate surface area is 113 Å². The first kappa shape index (κ1) is 12.7. The predicted molar refractivity (Wildman–Crippen MR) is 74.0 cm³/mol. The number of nitrogens with zero attached hydrogens (tertiary/aromatic N) is 2. The molecule has 0 saturated heterocycles. The Hall–Kier alpha value is -1.76. The molecule has 0 bridgehead atoms. The number of rotatable bonds is 3. The molecule has 0 aliphatic heterocycles. The van der Waals surface area contributed by atoms with Crippen LogP contribution in [-0.4, -0.2) is 9.97 Å². The van der Waals surface area contributed by atoms with Gasteiger partial charge in [0.05, 0.1) is 10.0 Å². The number of aromatic nitrogens is 2. The van der Waals surface area contributed by atoms with Crippen molar-refractivity contribution in [3.8, 4) is 0 Å². The molecule has 8 heteroatoms. The molecular formula is C10H10Cl2N6. The van der Waals surface area contributed by atoms with Gasteiger partial charge in [0.2, 0.25) is 0 Å². The third kappa shape index (κ3) is 2.56. The molecular weight excluding hydrogens is 275 g/mol. The van der Waals surface area contributed by atoms with Crippen LogP contribution in [0.3, 0.4) is 0 Å². The Bertz CT molecular complexity index is 574. The molecule has 1 aromatic heterocycles. The summed E-state index contributed by atoms with van der Waals surface area (Å²) in [5.74, 6) is 6.04. The lowest BCUT2D eigenvalue weighted by Crippen LogP contribution is -2.12. The standard InChI is InChI=1S/C10H10Cl2N6/c11-6-2-1-5(3-7(6)12)17-9-8(13)10(18-14)16-4-15-9/h1-4H,13-14H2,(H2,15,16,17,18). The van der Waals surface area contributed by atoms with Crippen LogP contribution in [0.25, 0.3) is 0 Å². The van der Waals surface area contributed by atoms with E-state index >= 15 is 0 Å². The number of nitrogens with two attached hydrogens (primary N) is 2. The van der Waals surface area contributed by atoms with E-state index < -0.39 is 0 Å². The molecule has 2 rings (SSSR count). The summed E-state index contributed by atoms with van der Waals surface area (Å²) in [7, 11) is 0. The maximum atomic E-state index is 5.91. The fraction of sp³-hybridized carbons (Fsp3) is 0. The number of benzene rings is 1. The van der Waals surface area contributed by atoms with Crippen LogP contribution in [0, 0.1) is 0 Å². The minimum atomic E-state index is 0.311. The molecule has 0 amide bonds. The van der Waals surface area contributed by atoms with E-state index in [0.29, 0.717) is 33.1 Å². The number of halogens is 2. The lowest BCUT2D eigenvalue weighted by molar-refractivity contribution is 1.14. The molecule has 6 nitrogen and oxygen atoms in total. The van der Waals surface area contributed by atoms with E-state index in [2.05, 4.69) is 20.7 Å². The summed E-state index contributed by atoms with van der Waals surface area (Å²) in [6.45, 7) is 0. The maximum absolute atomic E-state index is 5.91. The lowest BCUT2D eigenvalue weighted by Gasteiger charge is -2.10. The van der Waals surface area contributed by atoms with Crippen molar-refractivity contribution in [1.82, 2.24) is 9.97 Å². The number of hydrogen-bond donors (Lipinski definition) is 4. The zero-order valence-electron chi connectivity index (χ0n) is 9.11. The van der Waals surface area contributed by atoms with Gasteiger partial charge in [-0.25, -0.2) is 15.8 Å². The van der Waals surface area contributed by atoms with Gasteiger partial charge in [0.1, 0.15) is 12.0 Å². The minimum absolute atomic E-state index is 0.311. The molecule has 94 valence electrons. The van der Waals surface area contributed by atoms with E-state index in [4.69, 9.17) is 34.8 Å². The van der Waals surface area contributed by atoms with Gasteiger partial charge in [-0.05, 0) is 18.2 Å². The number of nitrogens with one attached hydrogen (secondary N) is 2. The molecule has 1 aromatic carbocycles. The molecule has 0 fully saturated rings. The van der Waals surface area contributed by atoms with Crippen molar-refractivity contribution in [1.29, 1.82) is 0 Å². The highest BCUT2D eigenvalue weighted by Gasteiger charge is 2.07. The van der Waals surface area contributed by atoms with Gasteiger partial charge in [-0.2, -0.15) is 0 Å². The Morgan fingerprint density at radius 3 is 2.44 bits per heavy atom. The van der Waals surface area contributed by atoms with E-state index in [1.165, 1.54) is 6.33 Å². The molecule has 0 saturated carbocycles. The predicted octanol–water partition coefficient (Wildman–Crippen LogP) is 2.39. The molecule has 6 N–H and O–H groups in total. The topological polar surface area (TPSA) is 102 Å². The maximum Gasteiger partial charge on any atom is 0.168 e. The molecule has 0 atom stereocenters. The average Bonchev–Trinajstić information content (AvgIpc) is 2.36. The molecule has 0 aliphatic rings. The van der Waals surface area contributed by atoms with Crippen molar-refractivity contribution in [3.05, 3.63) is 34.6 Å². The second-order valence-electron chi connectivity index (χ2n) is 3.38. The summed E-state index contributed by atoms with van der Waals surface area (Å²) in [6, 6.07) is 5.10. The Balaban J connectivity index is 2.31. The van der Waals surface area contributed by atoms with Gasteiger partial charge in [-0.15, -0.1) is 0 Å². The molecule has 0 aliphatic carbocycles. The number of hydrazine groups is 1. The zero-order chi connectivity index (χ0) is 13.1. The van der Waals surface area contributed by atoms with E-state index in [1.54, 1.807) is 18.2 Å². The fourth-order valence-corrected chi connectivity index (χ4v) is 1.62. The molecule has 18 heavy (non-hydrogen) atoms. The fourth-order valence-electron chi connectivity index (χ4n) is 1.32. The van der Waals surface area contributed by atoms with Crippen molar-refractivity contribution in [2.75, 3.05) is 16.5 Å². The van der Waals surface area contributed by atoms with Gasteiger partial charge >= 0.3 is 0 Å². The molecule has 0 spiro atoms. The third-order valence-corrected chi connectivity index (χ3v) is 2.94. The van der Waals surface area contributed by atoms with Crippen LogP contribution in [0.15, 0.2) is 24.5 Å². The average molecular weight is 285 g/mol. The van der Waals surface area contributed by atoms with Crippen LogP contribution in [0.5, 0.6) is 0 Å². The highest BCUT2D eigenvalue weighted by molar-refractivity contribution is 6.42. The van der Waals surface area contributed by atoms with E-state index in [9.17, 15) is 0 Å². The highest BCUT2D eigenvalue weighted by Crippen LogP contribution is 2.29. The van der Waals surface area contributed by atoms with Gasteiger partial charge in [-0.1, -0.05) is 23.2 Å². The summed E-state index contributed by atoms with van der Waals surface area (Å²) in [5.41, 5.74) is 9.22. The summed E-state index contributed by atoms with van der Waals surface area (Å²) in [6.07, 6.45) is 1.34. The second-order valence-corrected chi connectivity index (χ2v) is 4.20. The summed E-state index contributed by atoms with van der Waals surface area (Å²) in [4.78, 5) is 7.89. The normalized spacial score (nSPS) is 10.2. The van der Waals surface area contributed by atoms with Crippen molar-refractivity contribution in [2.45, 2.75) is 0 Å². The van der Waals surface area contributed by atoms with Crippen LogP contribution < -0.4 is 22.3 Å². The Morgan fingerprint density at radius 2 is 1.78 bits per heavy atom. The molecule has 0 unspecified atom stereocenters.